The molecule has 0 unspecified atom stereocenters. The van der Waals surface area contributed by atoms with E-state index in [1.165, 1.54) is 0 Å². The van der Waals surface area contributed by atoms with Crippen molar-refractivity contribution in [1.29, 1.82) is 0 Å². The van der Waals surface area contributed by atoms with E-state index < -0.39 is 5.09 Å². The van der Waals surface area contributed by atoms with E-state index in [9.17, 15) is 0 Å². The van der Waals surface area contributed by atoms with E-state index in [1.54, 1.807) is 0 Å². The summed E-state index contributed by atoms with van der Waals surface area (Å²) >= 11 is 0. The van der Waals surface area contributed by atoms with Crippen molar-refractivity contribution < 1.29 is 103 Å². The van der Waals surface area contributed by atoms with Gasteiger partial charge in [0.1, 0.15) is 0 Å². The quantitative estimate of drug-likeness (QED) is 0.238. The van der Waals surface area contributed by atoms with Crippen LogP contribution < -0.4 is 29.6 Å². The molecular weight excluding hydrogens is 320 g/mol. The summed E-state index contributed by atoms with van der Waals surface area (Å²) in [5.41, 5.74) is 0. The van der Waals surface area contributed by atoms with E-state index in [4.69, 9.17) is 15.3 Å². The Morgan fingerprint density at radius 3 is 0.750 bits per heavy atom. The van der Waals surface area contributed by atoms with Crippen LogP contribution in [0.15, 0.2) is 0 Å². The van der Waals surface area contributed by atoms with Crippen molar-refractivity contribution in [2.45, 2.75) is 0 Å². The van der Waals surface area contributed by atoms with Crippen LogP contribution in [0.3, 0.4) is 0 Å². The van der Waals surface area contributed by atoms with Crippen LogP contribution >= 0.6 is 0 Å². The zero-order valence-electron chi connectivity index (χ0n) is 6.25. The van der Waals surface area contributed by atoms with Gasteiger partial charge in [0.15, 0.2) is 0 Å². The van der Waals surface area contributed by atoms with Crippen LogP contribution in [0.5, 0.6) is 0 Å². The number of hydrogen-bond acceptors (Lipinski definition) is 3. The number of hydrogen-bond donors (Lipinski definition) is 0. The Kier molecular flexibility index (Phi) is 822. The van der Waals surface area contributed by atoms with Gasteiger partial charge in [-0.25, -0.2) is 0 Å². The van der Waals surface area contributed by atoms with Crippen molar-refractivity contribution >= 4 is 0 Å². The Balaban J connectivity index is -0.00000000161. The summed E-state index contributed by atoms with van der Waals surface area (Å²) in [4.78, 5) is 8.25. The van der Waals surface area contributed by atoms with Crippen molar-refractivity contribution in [3.05, 3.63) is 15.3 Å². The van der Waals surface area contributed by atoms with E-state index in [0.717, 1.165) is 0 Å². The largest absolute Gasteiger partial charge is 1.00 e. The molecule has 0 rings (SSSR count). The molecule has 12 N–H and O–H groups in total. The molecule has 0 aromatic rings. The molecular formula is H12LaNNaO9. The fraction of sp³-hybridized carbons (Fsp3) is 0. The predicted molar refractivity (Wildman–Crippen MR) is 32.0 cm³/mol. The molecule has 12 heteroatoms. The molecule has 0 saturated heterocycles. The maximum atomic E-state index is 8.25. The zero-order valence-corrected chi connectivity index (χ0v) is 11.9. The molecule has 75 valence electrons. The summed E-state index contributed by atoms with van der Waals surface area (Å²) in [5.74, 6) is 0. The summed E-state index contributed by atoms with van der Waals surface area (Å²) in [6.07, 6.45) is 0. The summed E-state index contributed by atoms with van der Waals surface area (Å²) < 4.78 is 0. The third-order valence-electron chi connectivity index (χ3n) is 0. The molecule has 0 aliphatic carbocycles. The van der Waals surface area contributed by atoms with E-state index in [2.05, 4.69) is 0 Å². The van der Waals surface area contributed by atoms with Gasteiger partial charge >= 0.3 is 29.6 Å². The molecule has 1 radical (unpaired) electrons. The fourth-order valence-corrected chi connectivity index (χ4v) is 0. The average molecular weight is 332 g/mol. The van der Waals surface area contributed by atoms with Gasteiger partial charge in [-0.2, -0.15) is 0 Å². The minimum atomic E-state index is -1.75. The van der Waals surface area contributed by atoms with Crippen LogP contribution in [0.2, 0.25) is 0 Å². The summed E-state index contributed by atoms with van der Waals surface area (Å²) in [5, 5.41) is 14.8. The second-order valence-corrected chi connectivity index (χ2v) is 0.224. The van der Waals surface area contributed by atoms with Gasteiger partial charge in [0.2, 0.25) is 0 Å². The van der Waals surface area contributed by atoms with Crippen LogP contribution in [0, 0.1) is 50.9 Å². The predicted octanol–water partition coefficient (Wildman–Crippen LogP) is -8.18. The van der Waals surface area contributed by atoms with Crippen LogP contribution in [0.25, 0.3) is 0 Å². The second-order valence-electron chi connectivity index (χ2n) is 0.224. The molecule has 0 atom stereocenters. The van der Waals surface area contributed by atoms with Crippen molar-refractivity contribution in [2.75, 3.05) is 0 Å². The second kappa shape index (κ2) is 87.6. The van der Waals surface area contributed by atoms with Gasteiger partial charge in [-0.05, 0) is 0 Å². The van der Waals surface area contributed by atoms with Crippen molar-refractivity contribution in [3.63, 3.8) is 0 Å². The van der Waals surface area contributed by atoms with Crippen molar-refractivity contribution in [1.82, 2.24) is 0 Å². The molecule has 12 heavy (non-hydrogen) atoms. The molecule has 0 aromatic carbocycles. The summed E-state index contributed by atoms with van der Waals surface area (Å²) in [6.45, 7) is 0. The molecule has 0 bridgehead atoms. The van der Waals surface area contributed by atoms with Crippen LogP contribution in [0.1, 0.15) is 0 Å². The third-order valence-corrected chi connectivity index (χ3v) is 0. The molecule has 0 spiro atoms. The number of nitrogens with zero attached hydrogens (tertiary/aromatic N) is 1. The van der Waals surface area contributed by atoms with Crippen molar-refractivity contribution in [3.8, 4) is 0 Å². The maximum Gasteiger partial charge on any atom is 1.00 e. The van der Waals surface area contributed by atoms with E-state index >= 15 is 0 Å². The smallest absolute Gasteiger partial charge is 0.412 e. The molecule has 10 nitrogen and oxygen atoms in total. The van der Waals surface area contributed by atoms with Gasteiger partial charge in [-0.3, -0.25) is 0 Å². The van der Waals surface area contributed by atoms with Gasteiger partial charge in [-0.15, -0.1) is 0 Å². The Morgan fingerprint density at radius 1 is 0.750 bits per heavy atom. The standard InChI is InChI=1S/La.NO3.Na.6H2O/c;2-1(3)4;;;;;;;/h;;;6*1H2/q;-1;+1;;;;;;. The third kappa shape index (κ3) is 863. The Morgan fingerprint density at radius 2 is 0.750 bits per heavy atom. The topological polar surface area (TPSA) is 255 Å². The zero-order chi connectivity index (χ0) is 3.58. The molecule has 0 fully saturated rings. The fourth-order valence-electron chi connectivity index (χ4n) is 0. The average Bonchev–Trinajstić information content (AvgIpc) is 0.811. The molecule has 0 heterocycles. The maximum absolute atomic E-state index is 8.25. The Bertz CT molecular complexity index is 37.5. The monoisotopic (exact) mass is 332 g/mol. The minimum absolute atomic E-state index is 0. The van der Waals surface area contributed by atoms with Gasteiger partial charge in [0.05, 0.1) is 5.09 Å². The Labute approximate surface area is 117 Å². The van der Waals surface area contributed by atoms with E-state index in [-0.39, 0.29) is 98.0 Å². The molecule has 0 amide bonds. The van der Waals surface area contributed by atoms with Gasteiger partial charge in [0.25, 0.3) is 0 Å². The molecule has 0 aromatic heterocycles. The Hall–Kier alpha value is 1.15. The molecule has 0 saturated carbocycles. The first kappa shape index (κ1) is 113. The minimum Gasteiger partial charge on any atom is -0.412 e. The summed E-state index contributed by atoms with van der Waals surface area (Å²) in [7, 11) is 0. The first-order valence-electron chi connectivity index (χ1n) is 0.548. The van der Waals surface area contributed by atoms with Crippen LogP contribution in [-0.4, -0.2) is 37.9 Å². The van der Waals surface area contributed by atoms with Gasteiger partial charge in [-0.1, -0.05) is 0 Å². The number of rotatable bonds is 0. The first-order valence-corrected chi connectivity index (χ1v) is 0.548. The van der Waals surface area contributed by atoms with Crippen molar-refractivity contribution in [2.24, 2.45) is 0 Å². The van der Waals surface area contributed by atoms with E-state index in [0.29, 0.717) is 0 Å². The SMILES string of the molecule is O.O.O.O.O.O.O=[N+]([O-])[O-].[La].[Na+]. The van der Waals surface area contributed by atoms with Crippen LogP contribution in [-0.2, 0) is 0 Å². The molecule has 0 aliphatic rings. The normalized spacial score (nSPS) is 2.00. The summed E-state index contributed by atoms with van der Waals surface area (Å²) in [6, 6.07) is 0. The molecule has 0 aliphatic heterocycles. The first-order chi connectivity index (χ1) is 1.73. The van der Waals surface area contributed by atoms with Crippen LogP contribution in [0.4, 0.5) is 0 Å². The van der Waals surface area contributed by atoms with E-state index in [1.807, 2.05) is 0 Å². The van der Waals surface area contributed by atoms with Gasteiger partial charge < -0.3 is 48.2 Å². The van der Waals surface area contributed by atoms with Gasteiger partial charge in [0, 0.05) is 35.6 Å².